The molecule has 1 saturated carbocycles. The Kier molecular flexibility index (Phi) is 3.45. The third kappa shape index (κ3) is 2.47. The first kappa shape index (κ1) is 13.0. The Hall–Kier alpha value is -1.72. The van der Waals surface area contributed by atoms with Crippen LogP contribution in [0.15, 0.2) is 30.7 Å². The maximum Gasteiger partial charge on any atom is 0.126 e. The molecular weight excluding hydrogens is 264 g/mol. The van der Waals surface area contributed by atoms with E-state index in [1.54, 1.807) is 6.20 Å². The fourth-order valence-electron chi connectivity index (χ4n) is 3.18. The molecule has 2 aliphatic rings. The van der Waals surface area contributed by atoms with Crippen LogP contribution in [0, 0.1) is 0 Å². The van der Waals surface area contributed by atoms with Crippen molar-refractivity contribution < 1.29 is 4.74 Å². The van der Waals surface area contributed by atoms with Gasteiger partial charge in [-0.1, -0.05) is 6.42 Å². The van der Waals surface area contributed by atoms with Crippen LogP contribution in [-0.4, -0.2) is 45.7 Å². The standard InChI is InChI=1S/C16H20N4O/c1-4-13(5-1)20-7-8-21-11-15(20)16-18-10-14(19-16)12-3-2-6-17-9-12/h2-3,6,9-10,13,15H,1,4-5,7-8,11H2,(H,18,19). The van der Waals surface area contributed by atoms with E-state index in [4.69, 9.17) is 4.74 Å². The first-order valence-electron chi connectivity index (χ1n) is 7.70. The smallest absolute Gasteiger partial charge is 0.126 e. The molecule has 2 fully saturated rings. The summed E-state index contributed by atoms with van der Waals surface area (Å²) >= 11 is 0. The number of nitrogens with zero attached hydrogens (tertiary/aromatic N) is 3. The number of H-pyrrole nitrogens is 1. The van der Waals surface area contributed by atoms with Gasteiger partial charge < -0.3 is 9.72 Å². The number of hydrogen-bond acceptors (Lipinski definition) is 4. The van der Waals surface area contributed by atoms with Crippen LogP contribution in [0.4, 0.5) is 0 Å². The SMILES string of the molecule is c1cncc(-c2cnc(C3COCCN3C3CCC3)[nH]2)c1. The lowest BCUT2D eigenvalue weighted by molar-refractivity contribution is -0.0494. The van der Waals surface area contributed by atoms with Crippen molar-refractivity contribution in [1.29, 1.82) is 0 Å². The van der Waals surface area contributed by atoms with E-state index in [0.717, 1.165) is 36.8 Å². The Balaban J connectivity index is 1.58. The number of aromatic nitrogens is 3. The molecule has 0 aromatic carbocycles. The second kappa shape index (κ2) is 5.58. The molecule has 1 N–H and O–H groups in total. The van der Waals surface area contributed by atoms with Crippen LogP contribution in [-0.2, 0) is 4.74 Å². The van der Waals surface area contributed by atoms with E-state index in [-0.39, 0.29) is 6.04 Å². The first-order chi connectivity index (χ1) is 10.4. The largest absolute Gasteiger partial charge is 0.378 e. The normalized spacial score (nSPS) is 23.9. The topological polar surface area (TPSA) is 54.0 Å². The predicted octanol–water partition coefficient (Wildman–Crippen LogP) is 2.40. The van der Waals surface area contributed by atoms with Gasteiger partial charge in [0.05, 0.1) is 31.1 Å². The summed E-state index contributed by atoms with van der Waals surface area (Å²) in [5.74, 6) is 1.01. The summed E-state index contributed by atoms with van der Waals surface area (Å²) in [6.07, 6.45) is 9.53. The molecule has 3 heterocycles. The lowest BCUT2D eigenvalue weighted by Gasteiger charge is -2.44. The molecule has 1 aliphatic heterocycles. The molecule has 0 radical (unpaired) electrons. The molecule has 1 unspecified atom stereocenters. The molecule has 110 valence electrons. The number of hydrogen-bond donors (Lipinski definition) is 1. The highest BCUT2D eigenvalue weighted by molar-refractivity contribution is 5.56. The number of rotatable bonds is 3. The van der Waals surface area contributed by atoms with Crippen LogP contribution >= 0.6 is 0 Å². The Morgan fingerprint density at radius 2 is 2.24 bits per heavy atom. The van der Waals surface area contributed by atoms with Gasteiger partial charge in [-0.15, -0.1) is 0 Å². The van der Waals surface area contributed by atoms with Crippen molar-refractivity contribution in [3.8, 4) is 11.3 Å². The van der Waals surface area contributed by atoms with Crippen molar-refractivity contribution in [3.05, 3.63) is 36.5 Å². The average molecular weight is 284 g/mol. The van der Waals surface area contributed by atoms with Crippen molar-refractivity contribution in [2.24, 2.45) is 0 Å². The molecule has 1 saturated heterocycles. The molecule has 21 heavy (non-hydrogen) atoms. The van der Waals surface area contributed by atoms with Gasteiger partial charge in [0.15, 0.2) is 0 Å². The van der Waals surface area contributed by atoms with Gasteiger partial charge in [-0.05, 0) is 25.0 Å². The van der Waals surface area contributed by atoms with Crippen molar-refractivity contribution in [3.63, 3.8) is 0 Å². The monoisotopic (exact) mass is 284 g/mol. The number of pyridine rings is 1. The van der Waals surface area contributed by atoms with Crippen molar-refractivity contribution in [2.75, 3.05) is 19.8 Å². The zero-order chi connectivity index (χ0) is 14.1. The molecule has 1 atom stereocenters. The summed E-state index contributed by atoms with van der Waals surface area (Å²) in [7, 11) is 0. The third-order valence-electron chi connectivity index (χ3n) is 4.60. The van der Waals surface area contributed by atoms with E-state index in [1.165, 1.54) is 19.3 Å². The predicted molar refractivity (Wildman–Crippen MR) is 79.7 cm³/mol. The number of aromatic amines is 1. The molecule has 0 spiro atoms. The minimum Gasteiger partial charge on any atom is -0.378 e. The van der Waals surface area contributed by atoms with E-state index in [2.05, 4.69) is 19.9 Å². The first-order valence-corrected chi connectivity index (χ1v) is 7.70. The highest BCUT2D eigenvalue weighted by Gasteiger charge is 2.34. The molecule has 5 heteroatoms. The minimum absolute atomic E-state index is 0.259. The molecule has 4 rings (SSSR count). The van der Waals surface area contributed by atoms with E-state index in [1.807, 2.05) is 24.5 Å². The van der Waals surface area contributed by atoms with Gasteiger partial charge in [0.25, 0.3) is 0 Å². The van der Waals surface area contributed by atoms with Crippen molar-refractivity contribution in [1.82, 2.24) is 19.9 Å². The molecule has 1 aliphatic carbocycles. The van der Waals surface area contributed by atoms with Crippen LogP contribution in [0.3, 0.4) is 0 Å². The van der Waals surface area contributed by atoms with Gasteiger partial charge >= 0.3 is 0 Å². The fraction of sp³-hybridized carbons (Fsp3) is 0.500. The maximum atomic E-state index is 5.69. The van der Waals surface area contributed by atoms with Gasteiger partial charge in [0, 0.05) is 30.5 Å². The molecular formula is C16H20N4O. The van der Waals surface area contributed by atoms with Crippen LogP contribution in [0.25, 0.3) is 11.3 Å². The van der Waals surface area contributed by atoms with Gasteiger partial charge in [0.1, 0.15) is 5.82 Å². The van der Waals surface area contributed by atoms with E-state index < -0.39 is 0 Å². The number of ether oxygens (including phenoxy) is 1. The Morgan fingerprint density at radius 3 is 3.00 bits per heavy atom. The summed E-state index contributed by atoms with van der Waals surface area (Å²) in [6.45, 7) is 2.58. The summed E-state index contributed by atoms with van der Waals surface area (Å²) in [6, 6.07) is 4.96. The summed E-state index contributed by atoms with van der Waals surface area (Å²) in [4.78, 5) is 14.8. The number of nitrogens with one attached hydrogen (secondary N) is 1. The van der Waals surface area contributed by atoms with E-state index >= 15 is 0 Å². The van der Waals surface area contributed by atoms with E-state index in [9.17, 15) is 0 Å². The minimum atomic E-state index is 0.259. The van der Waals surface area contributed by atoms with Crippen molar-refractivity contribution >= 4 is 0 Å². The molecule has 2 aromatic heterocycles. The summed E-state index contributed by atoms with van der Waals surface area (Å²) < 4.78 is 5.69. The second-order valence-electron chi connectivity index (χ2n) is 5.84. The molecule has 0 amide bonds. The summed E-state index contributed by atoms with van der Waals surface area (Å²) in [5.41, 5.74) is 2.10. The lowest BCUT2D eigenvalue weighted by Crippen LogP contribution is -2.48. The van der Waals surface area contributed by atoms with Crippen LogP contribution in [0.1, 0.15) is 31.1 Å². The van der Waals surface area contributed by atoms with Gasteiger partial charge in [0.2, 0.25) is 0 Å². The van der Waals surface area contributed by atoms with Crippen molar-refractivity contribution in [2.45, 2.75) is 31.3 Å². The zero-order valence-electron chi connectivity index (χ0n) is 12.0. The zero-order valence-corrected chi connectivity index (χ0v) is 12.0. The highest BCUT2D eigenvalue weighted by atomic mass is 16.5. The quantitative estimate of drug-likeness (QED) is 0.940. The number of morpholine rings is 1. The Bertz CT molecular complexity index is 593. The highest BCUT2D eigenvalue weighted by Crippen LogP contribution is 2.33. The van der Waals surface area contributed by atoms with Gasteiger partial charge in [-0.3, -0.25) is 9.88 Å². The van der Waals surface area contributed by atoms with E-state index in [0.29, 0.717) is 6.04 Å². The van der Waals surface area contributed by atoms with Gasteiger partial charge in [-0.2, -0.15) is 0 Å². The summed E-state index contributed by atoms with van der Waals surface area (Å²) in [5, 5.41) is 0. The Labute approximate surface area is 124 Å². The average Bonchev–Trinajstić information content (AvgIpc) is 2.97. The van der Waals surface area contributed by atoms with Crippen LogP contribution in [0.2, 0.25) is 0 Å². The lowest BCUT2D eigenvalue weighted by atomic mass is 9.90. The molecule has 0 bridgehead atoms. The molecule has 5 nitrogen and oxygen atoms in total. The number of imidazole rings is 1. The maximum absolute atomic E-state index is 5.69. The fourth-order valence-corrected chi connectivity index (χ4v) is 3.18. The molecule has 2 aromatic rings. The van der Waals surface area contributed by atoms with Crippen LogP contribution in [0.5, 0.6) is 0 Å². The van der Waals surface area contributed by atoms with Gasteiger partial charge in [-0.25, -0.2) is 4.98 Å². The third-order valence-corrected chi connectivity index (χ3v) is 4.60. The Morgan fingerprint density at radius 1 is 1.29 bits per heavy atom. The second-order valence-corrected chi connectivity index (χ2v) is 5.84. The van der Waals surface area contributed by atoms with Crippen LogP contribution < -0.4 is 0 Å².